The molecule has 0 saturated carbocycles. The Labute approximate surface area is 118 Å². The van der Waals surface area contributed by atoms with Gasteiger partial charge in [0.2, 0.25) is 0 Å². The van der Waals surface area contributed by atoms with Crippen LogP contribution in [0.4, 0.5) is 4.39 Å². The molecule has 0 aliphatic heterocycles. The SMILES string of the molecule is CCNC(=NCCc1c[nH]c2cc(F)ccc12)NCC. The van der Waals surface area contributed by atoms with Gasteiger partial charge in [-0.25, -0.2) is 4.39 Å². The number of nitrogens with zero attached hydrogens (tertiary/aromatic N) is 1. The number of aromatic nitrogens is 1. The van der Waals surface area contributed by atoms with Gasteiger partial charge in [0, 0.05) is 36.7 Å². The van der Waals surface area contributed by atoms with E-state index < -0.39 is 0 Å². The molecule has 3 N–H and O–H groups in total. The zero-order valence-corrected chi connectivity index (χ0v) is 12.0. The van der Waals surface area contributed by atoms with Crippen LogP contribution >= 0.6 is 0 Å². The Morgan fingerprint density at radius 2 is 2.00 bits per heavy atom. The maximum absolute atomic E-state index is 13.1. The highest BCUT2D eigenvalue weighted by molar-refractivity contribution is 5.83. The van der Waals surface area contributed by atoms with E-state index in [2.05, 4.69) is 20.6 Å². The predicted molar refractivity (Wildman–Crippen MR) is 81.6 cm³/mol. The van der Waals surface area contributed by atoms with Crippen LogP contribution in [0, 0.1) is 5.82 Å². The van der Waals surface area contributed by atoms with Crippen molar-refractivity contribution in [2.24, 2.45) is 4.99 Å². The molecule has 1 aromatic carbocycles. The number of rotatable bonds is 5. The first-order valence-corrected chi connectivity index (χ1v) is 7.02. The van der Waals surface area contributed by atoms with Gasteiger partial charge >= 0.3 is 0 Å². The molecule has 0 atom stereocenters. The molecule has 0 radical (unpaired) electrons. The monoisotopic (exact) mass is 276 g/mol. The van der Waals surface area contributed by atoms with Gasteiger partial charge in [0.15, 0.2) is 5.96 Å². The van der Waals surface area contributed by atoms with Crippen molar-refractivity contribution in [3.05, 3.63) is 35.8 Å². The van der Waals surface area contributed by atoms with Crippen LogP contribution in [0.5, 0.6) is 0 Å². The van der Waals surface area contributed by atoms with Gasteiger partial charge in [-0.1, -0.05) is 0 Å². The fourth-order valence-electron chi connectivity index (χ4n) is 2.16. The lowest BCUT2D eigenvalue weighted by molar-refractivity contribution is 0.629. The van der Waals surface area contributed by atoms with E-state index in [4.69, 9.17) is 0 Å². The summed E-state index contributed by atoms with van der Waals surface area (Å²) in [6.45, 7) is 6.47. The number of H-pyrrole nitrogens is 1. The van der Waals surface area contributed by atoms with Gasteiger partial charge in [0.25, 0.3) is 0 Å². The summed E-state index contributed by atoms with van der Waals surface area (Å²) >= 11 is 0. The van der Waals surface area contributed by atoms with Gasteiger partial charge in [-0.15, -0.1) is 0 Å². The van der Waals surface area contributed by atoms with Crippen LogP contribution in [0.25, 0.3) is 10.9 Å². The lowest BCUT2D eigenvalue weighted by atomic mass is 10.1. The maximum atomic E-state index is 13.1. The molecular weight excluding hydrogens is 255 g/mol. The van der Waals surface area contributed by atoms with Gasteiger partial charge in [-0.05, 0) is 44.0 Å². The summed E-state index contributed by atoms with van der Waals surface area (Å²) in [7, 11) is 0. The minimum atomic E-state index is -0.217. The molecule has 1 heterocycles. The number of hydrogen-bond acceptors (Lipinski definition) is 1. The van der Waals surface area contributed by atoms with E-state index in [0.29, 0.717) is 6.54 Å². The van der Waals surface area contributed by atoms with Crippen LogP contribution in [0.1, 0.15) is 19.4 Å². The fourth-order valence-corrected chi connectivity index (χ4v) is 2.16. The van der Waals surface area contributed by atoms with E-state index in [1.54, 1.807) is 0 Å². The molecule has 0 fully saturated rings. The van der Waals surface area contributed by atoms with Crippen LogP contribution < -0.4 is 10.6 Å². The van der Waals surface area contributed by atoms with E-state index in [-0.39, 0.29) is 5.82 Å². The maximum Gasteiger partial charge on any atom is 0.191 e. The minimum absolute atomic E-state index is 0.217. The normalized spacial score (nSPS) is 10.6. The van der Waals surface area contributed by atoms with Gasteiger partial charge in [-0.3, -0.25) is 4.99 Å². The molecule has 2 aromatic rings. The van der Waals surface area contributed by atoms with Crippen molar-refractivity contribution >= 4 is 16.9 Å². The number of nitrogens with one attached hydrogen (secondary N) is 3. The van der Waals surface area contributed by atoms with E-state index in [0.717, 1.165) is 41.9 Å². The van der Waals surface area contributed by atoms with Crippen molar-refractivity contribution in [1.29, 1.82) is 0 Å². The highest BCUT2D eigenvalue weighted by atomic mass is 19.1. The molecule has 0 amide bonds. The van der Waals surface area contributed by atoms with Crippen molar-refractivity contribution < 1.29 is 4.39 Å². The molecule has 2 rings (SSSR count). The lowest BCUT2D eigenvalue weighted by Crippen LogP contribution is -2.37. The first-order chi connectivity index (χ1) is 9.74. The largest absolute Gasteiger partial charge is 0.361 e. The third kappa shape index (κ3) is 3.50. The summed E-state index contributed by atoms with van der Waals surface area (Å²) in [6, 6.07) is 4.83. The minimum Gasteiger partial charge on any atom is -0.361 e. The van der Waals surface area contributed by atoms with Gasteiger partial charge in [0.1, 0.15) is 5.82 Å². The van der Waals surface area contributed by atoms with Crippen molar-refractivity contribution in [2.45, 2.75) is 20.3 Å². The van der Waals surface area contributed by atoms with E-state index in [1.807, 2.05) is 26.1 Å². The summed E-state index contributed by atoms with van der Waals surface area (Å²) in [5.74, 6) is 0.617. The second-order valence-corrected chi connectivity index (χ2v) is 4.54. The third-order valence-corrected chi connectivity index (χ3v) is 3.07. The summed E-state index contributed by atoms with van der Waals surface area (Å²) < 4.78 is 13.1. The van der Waals surface area contributed by atoms with Crippen molar-refractivity contribution in [3.8, 4) is 0 Å². The van der Waals surface area contributed by atoms with Crippen molar-refractivity contribution in [1.82, 2.24) is 15.6 Å². The van der Waals surface area contributed by atoms with E-state index in [1.165, 1.54) is 12.1 Å². The quantitative estimate of drug-likeness (QED) is 0.580. The third-order valence-electron chi connectivity index (χ3n) is 3.07. The molecule has 0 saturated heterocycles. The molecule has 0 aliphatic rings. The Balaban J connectivity index is 2.03. The first kappa shape index (κ1) is 14.4. The average molecular weight is 276 g/mol. The Morgan fingerprint density at radius 1 is 1.25 bits per heavy atom. The highest BCUT2D eigenvalue weighted by Crippen LogP contribution is 2.19. The standard InChI is InChI=1S/C15H21FN4/c1-3-17-15(18-4-2)19-8-7-11-10-20-14-9-12(16)5-6-13(11)14/h5-6,9-10,20H,3-4,7-8H2,1-2H3,(H2,17,18,19). The molecule has 1 aromatic heterocycles. The number of benzene rings is 1. The Morgan fingerprint density at radius 3 is 2.70 bits per heavy atom. The smallest absolute Gasteiger partial charge is 0.191 e. The number of aromatic amines is 1. The van der Waals surface area contributed by atoms with Crippen molar-refractivity contribution in [2.75, 3.05) is 19.6 Å². The fraction of sp³-hybridized carbons (Fsp3) is 0.400. The van der Waals surface area contributed by atoms with Crippen LogP contribution in [-0.4, -0.2) is 30.6 Å². The van der Waals surface area contributed by atoms with Crippen LogP contribution in [0.15, 0.2) is 29.4 Å². The highest BCUT2D eigenvalue weighted by Gasteiger charge is 2.04. The van der Waals surface area contributed by atoms with E-state index >= 15 is 0 Å². The topological polar surface area (TPSA) is 52.2 Å². The Kier molecular flexibility index (Phi) is 4.98. The van der Waals surface area contributed by atoms with Crippen molar-refractivity contribution in [3.63, 3.8) is 0 Å². The summed E-state index contributed by atoms with van der Waals surface area (Å²) in [5.41, 5.74) is 2.00. The molecule has 0 aliphatic carbocycles. The number of halogens is 1. The molecule has 5 heteroatoms. The van der Waals surface area contributed by atoms with Crippen LogP contribution in [0.3, 0.4) is 0 Å². The molecule has 0 spiro atoms. The zero-order valence-electron chi connectivity index (χ0n) is 12.0. The van der Waals surface area contributed by atoms with Gasteiger partial charge < -0.3 is 15.6 Å². The molecule has 0 bridgehead atoms. The Hall–Kier alpha value is -2.04. The number of fused-ring (bicyclic) bond motifs is 1. The number of aliphatic imine (C=N–C) groups is 1. The van der Waals surface area contributed by atoms with Gasteiger partial charge in [-0.2, -0.15) is 0 Å². The molecular formula is C15H21FN4. The molecule has 20 heavy (non-hydrogen) atoms. The average Bonchev–Trinajstić information content (AvgIpc) is 2.81. The first-order valence-electron chi connectivity index (χ1n) is 7.02. The summed E-state index contributed by atoms with van der Waals surface area (Å²) in [5, 5.41) is 7.44. The molecule has 108 valence electrons. The van der Waals surface area contributed by atoms with E-state index in [9.17, 15) is 4.39 Å². The van der Waals surface area contributed by atoms with Crippen LogP contribution in [0.2, 0.25) is 0 Å². The number of guanidine groups is 1. The molecule has 0 unspecified atom stereocenters. The van der Waals surface area contributed by atoms with Gasteiger partial charge in [0.05, 0.1) is 0 Å². The predicted octanol–water partition coefficient (Wildman–Crippen LogP) is 2.42. The second-order valence-electron chi connectivity index (χ2n) is 4.54. The van der Waals surface area contributed by atoms with Crippen LogP contribution in [-0.2, 0) is 6.42 Å². The molecule has 4 nitrogen and oxygen atoms in total. The zero-order chi connectivity index (χ0) is 14.4. The summed E-state index contributed by atoms with van der Waals surface area (Å²) in [4.78, 5) is 7.61. The lowest BCUT2D eigenvalue weighted by Gasteiger charge is -2.08. The summed E-state index contributed by atoms with van der Waals surface area (Å²) in [6.07, 6.45) is 2.76. The second kappa shape index (κ2) is 6.93. The number of hydrogen-bond donors (Lipinski definition) is 3. The Bertz CT molecular complexity index is 581.